The molecule has 0 bridgehead atoms. The summed E-state index contributed by atoms with van der Waals surface area (Å²) in [6.07, 6.45) is 3.61. The third kappa shape index (κ3) is 7.88. The van der Waals surface area contributed by atoms with Crippen LogP contribution in [-0.2, 0) is 27.5 Å². The summed E-state index contributed by atoms with van der Waals surface area (Å²) in [5, 5.41) is 8.73. The highest BCUT2D eigenvalue weighted by molar-refractivity contribution is 6.31. The van der Waals surface area contributed by atoms with E-state index in [2.05, 4.69) is 42.3 Å². The van der Waals surface area contributed by atoms with Gasteiger partial charge in [-0.2, -0.15) is 0 Å². The minimum absolute atomic E-state index is 0.00348. The van der Waals surface area contributed by atoms with Gasteiger partial charge in [0.25, 0.3) is 5.91 Å². The second-order valence-corrected chi connectivity index (χ2v) is 13.7. The highest BCUT2D eigenvalue weighted by Gasteiger charge is 2.40. The monoisotopic (exact) mass is 758 g/mol. The quantitative estimate of drug-likeness (QED) is 0.105. The van der Waals surface area contributed by atoms with Gasteiger partial charge in [0.1, 0.15) is 35.6 Å². The van der Waals surface area contributed by atoms with E-state index in [-0.39, 0.29) is 35.9 Å². The fourth-order valence-electron chi connectivity index (χ4n) is 6.95. The van der Waals surface area contributed by atoms with Crippen molar-refractivity contribution in [3.05, 3.63) is 94.8 Å². The molecule has 0 saturated carbocycles. The molecule has 0 radical (unpaired) electrons. The van der Waals surface area contributed by atoms with Crippen molar-refractivity contribution < 1.29 is 32.7 Å². The molecule has 3 aliphatic heterocycles. The molecule has 7 rings (SSSR count). The van der Waals surface area contributed by atoms with Gasteiger partial charge in [-0.25, -0.2) is 18.7 Å². The predicted octanol–water partition coefficient (Wildman–Crippen LogP) is 4.78. The Balaban J connectivity index is 0.926. The molecule has 3 N–H and O–H groups in total. The first kappa shape index (κ1) is 36.8. The molecule has 0 aliphatic carbocycles. The minimum Gasteiger partial charge on any atom is -0.491 e. The summed E-state index contributed by atoms with van der Waals surface area (Å²) in [6.45, 7) is 8.05. The minimum atomic E-state index is -0.794. The van der Waals surface area contributed by atoms with Gasteiger partial charge in [0.2, 0.25) is 17.7 Å². The Morgan fingerprint density at radius 3 is 2.61 bits per heavy atom. The molecule has 1 unspecified atom stereocenters. The molecule has 2 fully saturated rings. The van der Waals surface area contributed by atoms with E-state index in [0.29, 0.717) is 64.5 Å². The molecule has 1 aromatic heterocycles. The Morgan fingerprint density at radius 1 is 1.06 bits per heavy atom. The number of ether oxygens (including phenoxy) is 1. The van der Waals surface area contributed by atoms with Crippen molar-refractivity contribution in [3.8, 4) is 5.75 Å². The van der Waals surface area contributed by atoms with Crippen LogP contribution in [0.25, 0.3) is 10.9 Å². The topological polar surface area (TPSA) is 149 Å². The summed E-state index contributed by atoms with van der Waals surface area (Å²) < 4.78 is 35.6. The van der Waals surface area contributed by atoms with Crippen molar-refractivity contribution in [2.45, 2.75) is 38.4 Å². The van der Waals surface area contributed by atoms with Crippen LogP contribution in [0.2, 0.25) is 5.02 Å². The first-order chi connectivity index (χ1) is 26.1. The number of carbonyl (C=O) groups is 4. The number of imide groups is 1. The zero-order chi connectivity index (χ0) is 37.9. The number of fused-ring (bicyclic) bond motifs is 2. The van der Waals surface area contributed by atoms with Crippen LogP contribution in [-0.4, -0.2) is 93.7 Å². The molecular formula is C38H37ClF2N8O5. The summed E-state index contributed by atoms with van der Waals surface area (Å²) in [6, 6.07) is 10.1. The van der Waals surface area contributed by atoms with E-state index in [0.717, 1.165) is 38.8 Å². The molecule has 4 heterocycles. The predicted molar refractivity (Wildman–Crippen MR) is 197 cm³/mol. The van der Waals surface area contributed by atoms with E-state index in [4.69, 9.17) is 16.3 Å². The lowest BCUT2D eigenvalue weighted by molar-refractivity contribution is -0.137. The van der Waals surface area contributed by atoms with Gasteiger partial charge in [-0.05, 0) is 49.2 Å². The number of nitrogens with one attached hydrogen (secondary N) is 3. The summed E-state index contributed by atoms with van der Waals surface area (Å²) in [4.78, 5) is 63.9. The van der Waals surface area contributed by atoms with Crippen molar-refractivity contribution in [2.24, 2.45) is 0 Å². The normalized spacial score (nSPS) is 17.7. The highest BCUT2D eigenvalue weighted by atomic mass is 35.5. The molecule has 54 heavy (non-hydrogen) atoms. The van der Waals surface area contributed by atoms with Gasteiger partial charge in [-0.1, -0.05) is 24.2 Å². The smallest absolute Gasteiger partial charge is 0.255 e. The molecule has 1 atom stereocenters. The van der Waals surface area contributed by atoms with E-state index < -0.39 is 35.4 Å². The van der Waals surface area contributed by atoms with Crippen LogP contribution in [0.3, 0.4) is 0 Å². The largest absolute Gasteiger partial charge is 0.491 e. The van der Waals surface area contributed by atoms with Crippen LogP contribution < -0.4 is 20.7 Å². The second kappa shape index (κ2) is 15.8. The first-order valence-electron chi connectivity index (χ1n) is 17.5. The highest BCUT2D eigenvalue weighted by Crippen LogP contribution is 2.35. The number of hydrogen-bond donors (Lipinski definition) is 3. The Morgan fingerprint density at radius 2 is 1.85 bits per heavy atom. The number of benzene rings is 3. The molecular weight excluding hydrogens is 722 g/mol. The van der Waals surface area contributed by atoms with Crippen molar-refractivity contribution in [1.29, 1.82) is 0 Å². The van der Waals surface area contributed by atoms with Crippen LogP contribution >= 0.6 is 11.6 Å². The average Bonchev–Trinajstić information content (AvgIpc) is 3.49. The number of rotatable bonds is 12. The lowest BCUT2D eigenvalue weighted by Gasteiger charge is -2.34. The average molecular weight is 759 g/mol. The van der Waals surface area contributed by atoms with Crippen molar-refractivity contribution in [2.75, 3.05) is 50.0 Å². The number of carbonyl (C=O) groups excluding carboxylic acids is 4. The Hall–Kier alpha value is -5.51. The van der Waals surface area contributed by atoms with E-state index in [1.165, 1.54) is 29.4 Å². The van der Waals surface area contributed by atoms with Gasteiger partial charge in [-0.3, -0.25) is 29.4 Å². The van der Waals surface area contributed by atoms with Crippen LogP contribution in [0.15, 0.2) is 61.4 Å². The number of anilines is 3. The zero-order valence-corrected chi connectivity index (χ0v) is 29.9. The molecule has 4 aromatic rings. The maximum absolute atomic E-state index is 15.7. The van der Waals surface area contributed by atoms with Crippen LogP contribution in [0, 0.1) is 11.6 Å². The molecule has 13 nitrogen and oxygen atoms in total. The zero-order valence-electron chi connectivity index (χ0n) is 29.2. The van der Waals surface area contributed by atoms with Crippen molar-refractivity contribution in [3.63, 3.8) is 0 Å². The SMILES string of the molecule is C=CC(=O)Nc1cc2c(Nc3ccc(F)c(Cl)c3)ncnc2cc1OCCCN1CCN(Cc2ccc3c(c2F)CN(C2CCC(=O)NC2=O)C3=O)CC1. The van der Waals surface area contributed by atoms with Gasteiger partial charge in [-0.15, -0.1) is 0 Å². The number of nitrogens with zero attached hydrogens (tertiary/aromatic N) is 5. The molecule has 2 saturated heterocycles. The number of piperidine rings is 1. The Kier molecular flexibility index (Phi) is 10.8. The standard InChI is InChI=1S/C38H37ClF2N8O5/c1-2-33(50)45-30-17-25-29(42-21-43-36(25)44-23-5-7-28(40)27(39)16-23)18-32(30)54-15-3-10-47-11-13-48(14-12-47)19-22-4-6-24-26(35(22)41)20-49(38(24)53)31-8-9-34(51)46-37(31)52/h2,4-7,16-18,21,31H,1,3,8-15,19-20H2,(H,45,50)(H,42,43,44)(H,46,51,52). The summed E-state index contributed by atoms with van der Waals surface area (Å²) in [5.74, 6) is -1.83. The molecule has 3 aliphatic rings. The summed E-state index contributed by atoms with van der Waals surface area (Å²) in [5.41, 5.74) is 2.53. The molecule has 3 aromatic carbocycles. The maximum Gasteiger partial charge on any atom is 0.255 e. The number of aromatic nitrogens is 2. The van der Waals surface area contributed by atoms with Gasteiger partial charge in [0.15, 0.2) is 0 Å². The van der Waals surface area contributed by atoms with Crippen LogP contribution in [0.1, 0.15) is 40.7 Å². The number of amides is 4. The van der Waals surface area contributed by atoms with Gasteiger partial charge in [0, 0.05) is 79.5 Å². The molecule has 4 amide bonds. The fourth-order valence-corrected chi connectivity index (χ4v) is 7.13. The summed E-state index contributed by atoms with van der Waals surface area (Å²) in [7, 11) is 0. The van der Waals surface area contributed by atoms with Gasteiger partial charge < -0.3 is 25.2 Å². The van der Waals surface area contributed by atoms with Crippen molar-refractivity contribution in [1.82, 2.24) is 30.0 Å². The second-order valence-electron chi connectivity index (χ2n) is 13.3. The van der Waals surface area contributed by atoms with Gasteiger partial charge in [0.05, 0.1) is 29.4 Å². The lowest BCUT2D eigenvalue weighted by Crippen LogP contribution is -2.52. The summed E-state index contributed by atoms with van der Waals surface area (Å²) >= 11 is 5.95. The maximum atomic E-state index is 15.7. The van der Waals surface area contributed by atoms with E-state index in [1.807, 2.05) is 0 Å². The van der Waals surface area contributed by atoms with E-state index in [9.17, 15) is 23.6 Å². The van der Waals surface area contributed by atoms with Crippen LogP contribution in [0.5, 0.6) is 5.75 Å². The van der Waals surface area contributed by atoms with Crippen molar-refractivity contribution >= 4 is 63.3 Å². The van der Waals surface area contributed by atoms with Gasteiger partial charge >= 0.3 is 0 Å². The fraction of sp³-hybridized carbons (Fsp3) is 0.316. The van der Waals surface area contributed by atoms with E-state index >= 15 is 4.39 Å². The van der Waals surface area contributed by atoms with E-state index in [1.54, 1.807) is 24.3 Å². The Bertz CT molecular complexity index is 2160. The number of halogens is 3. The third-order valence-corrected chi connectivity index (χ3v) is 10.1. The van der Waals surface area contributed by atoms with Crippen LogP contribution in [0.4, 0.5) is 26.0 Å². The molecule has 16 heteroatoms. The lowest BCUT2D eigenvalue weighted by atomic mass is 10.0. The first-order valence-corrected chi connectivity index (χ1v) is 17.9. The number of hydrogen-bond acceptors (Lipinski definition) is 10. The molecule has 0 spiro atoms. The molecule has 280 valence electrons. The Labute approximate surface area is 314 Å². The number of piperazine rings is 1. The third-order valence-electron chi connectivity index (χ3n) is 9.83.